The minimum absolute atomic E-state index is 0.0698. The number of urea groups is 1. The zero-order valence-electron chi connectivity index (χ0n) is 33.0. The molecule has 1 aromatic carbocycles. The van der Waals surface area contributed by atoms with Gasteiger partial charge in [0.15, 0.2) is 17.4 Å². The lowest BCUT2D eigenvalue weighted by atomic mass is 9.85. The molecule has 3 unspecified atom stereocenters. The number of hydrogen-bond donors (Lipinski definition) is 1. The Balaban J connectivity index is 1.85. The summed E-state index contributed by atoms with van der Waals surface area (Å²) in [5.41, 5.74) is -2.54. The van der Waals surface area contributed by atoms with Crippen LogP contribution in [0, 0.1) is 5.41 Å². The highest BCUT2D eigenvalue weighted by atomic mass is 16.6. The van der Waals surface area contributed by atoms with Gasteiger partial charge in [-0.3, -0.25) is 24.1 Å². The summed E-state index contributed by atoms with van der Waals surface area (Å²) in [6.45, 7) is 14.7. The number of carbonyl (C=O) groups excluding carboxylic acids is 7. The molecular weight excluding hydrogens is 684 g/mol. The fraction of sp³-hybridized carbons (Fsp3) is 0.667. The molecule has 1 N–H and O–H groups in total. The molecule has 0 saturated carbocycles. The van der Waals surface area contributed by atoms with Crippen LogP contribution in [0.2, 0.25) is 0 Å². The van der Waals surface area contributed by atoms with Gasteiger partial charge in [-0.05, 0) is 65.7 Å². The Morgan fingerprint density at radius 1 is 0.962 bits per heavy atom. The van der Waals surface area contributed by atoms with Crippen LogP contribution in [0.1, 0.15) is 130 Å². The first kappa shape index (κ1) is 42.9. The van der Waals surface area contributed by atoms with Crippen LogP contribution in [0.5, 0.6) is 5.75 Å². The van der Waals surface area contributed by atoms with Crippen molar-refractivity contribution in [2.75, 3.05) is 18.9 Å². The number of amides is 6. The van der Waals surface area contributed by atoms with E-state index in [0.29, 0.717) is 11.3 Å². The molecule has 0 aliphatic carbocycles. The lowest BCUT2D eigenvalue weighted by Crippen LogP contribution is -2.55. The van der Waals surface area contributed by atoms with Crippen molar-refractivity contribution in [1.82, 2.24) is 14.7 Å². The molecule has 2 fully saturated rings. The second-order valence-electron chi connectivity index (χ2n) is 15.7. The monoisotopic (exact) mass is 742 g/mol. The summed E-state index contributed by atoms with van der Waals surface area (Å²) in [6.07, 6.45) is 6.68. The van der Waals surface area contributed by atoms with Crippen LogP contribution in [-0.4, -0.2) is 99.8 Å². The van der Waals surface area contributed by atoms with Gasteiger partial charge in [-0.15, -0.1) is 0 Å². The SMILES string of the molecule is CCCCCCCCCCC(CN1C(=O)C(C)N(C)C1=O)OC(=O)c1ccc(NC(=O)C(C(=O)C(C)(C)C)N2C(=O)OC(C)(C)C2=O)c(OC(C)C)c1. The molecule has 14 nitrogen and oxygen atoms in total. The largest absolute Gasteiger partial charge is 0.489 e. The third-order valence-electron chi connectivity index (χ3n) is 9.38. The number of ether oxygens (including phenoxy) is 3. The maximum atomic E-state index is 13.8. The van der Waals surface area contributed by atoms with E-state index in [-0.39, 0.29) is 29.5 Å². The molecule has 2 aliphatic rings. The van der Waals surface area contributed by atoms with Gasteiger partial charge in [0.2, 0.25) is 0 Å². The van der Waals surface area contributed by atoms with Gasteiger partial charge in [0, 0.05) is 12.5 Å². The number of anilines is 1. The fourth-order valence-electron chi connectivity index (χ4n) is 6.10. The molecule has 14 heteroatoms. The van der Waals surface area contributed by atoms with Gasteiger partial charge in [0.05, 0.1) is 23.9 Å². The molecule has 0 radical (unpaired) electrons. The average Bonchev–Trinajstić information content (AvgIpc) is 3.38. The number of imide groups is 2. The number of esters is 1. The van der Waals surface area contributed by atoms with Crippen molar-refractivity contribution < 1.29 is 47.8 Å². The molecule has 2 saturated heterocycles. The third-order valence-corrected chi connectivity index (χ3v) is 9.38. The zero-order valence-corrected chi connectivity index (χ0v) is 33.0. The minimum atomic E-state index is -1.84. The molecule has 53 heavy (non-hydrogen) atoms. The van der Waals surface area contributed by atoms with Gasteiger partial charge in [-0.1, -0.05) is 72.6 Å². The molecule has 294 valence electrons. The second-order valence-corrected chi connectivity index (χ2v) is 15.7. The van der Waals surface area contributed by atoms with Crippen molar-refractivity contribution in [3.8, 4) is 5.75 Å². The number of unbranched alkanes of at least 4 members (excludes halogenated alkanes) is 7. The van der Waals surface area contributed by atoms with Crippen LogP contribution in [0.25, 0.3) is 0 Å². The van der Waals surface area contributed by atoms with Crippen LogP contribution in [0.4, 0.5) is 15.3 Å². The van der Waals surface area contributed by atoms with E-state index in [1.54, 1.807) is 48.6 Å². The van der Waals surface area contributed by atoms with E-state index in [2.05, 4.69) is 12.2 Å². The van der Waals surface area contributed by atoms with Crippen LogP contribution in [-0.2, 0) is 28.7 Å². The van der Waals surface area contributed by atoms with Crippen LogP contribution < -0.4 is 10.1 Å². The highest BCUT2D eigenvalue weighted by Crippen LogP contribution is 2.32. The molecule has 6 amide bonds. The molecule has 1 aromatic rings. The summed E-state index contributed by atoms with van der Waals surface area (Å²) in [6, 6.07) is 1.26. The molecule has 0 spiro atoms. The molecule has 0 aromatic heterocycles. The lowest BCUT2D eigenvalue weighted by molar-refractivity contribution is -0.145. The highest BCUT2D eigenvalue weighted by molar-refractivity contribution is 6.19. The molecule has 2 aliphatic heterocycles. The van der Waals surface area contributed by atoms with E-state index in [0.717, 1.165) is 30.6 Å². The van der Waals surface area contributed by atoms with Gasteiger partial charge in [-0.2, -0.15) is 0 Å². The Morgan fingerprint density at radius 3 is 2.08 bits per heavy atom. The van der Waals surface area contributed by atoms with Gasteiger partial charge < -0.3 is 24.4 Å². The van der Waals surface area contributed by atoms with Crippen LogP contribution in [0.3, 0.4) is 0 Å². The number of Topliss-reactive ketones (excluding diaryl/α,β-unsaturated/α-hetero) is 1. The van der Waals surface area contributed by atoms with E-state index in [9.17, 15) is 33.6 Å². The van der Waals surface area contributed by atoms with E-state index in [1.807, 2.05) is 0 Å². The van der Waals surface area contributed by atoms with Gasteiger partial charge in [-0.25, -0.2) is 19.3 Å². The quantitative estimate of drug-likeness (QED) is 0.0716. The predicted octanol–water partition coefficient (Wildman–Crippen LogP) is 6.49. The normalized spacial score (nSPS) is 18.4. The van der Waals surface area contributed by atoms with Crippen molar-refractivity contribution in [2.24, 2.45) is 5.41 Å². The Bertz CT molecular complexity index is 1530. The average molecular weight is 743 g/mol. The van der Waals surface area contributed by atoms with Gasteiger partial charge in [0.25, 0.3) is 17.7 Å². The summed E-state index contributed by atoms with van der Waals surface area (Å²) in [5.74, 6) is -3.52. The summed E-state index contributed by atoms with van der Waals surface area (Å²) >= 11 is 0. The number of cyclic esters (lactones) is 1. The van der Waals surface area contributed by atoms with Crippen LogP contribution in [0.15, 0.2) is 18.2 Å². The van der Waals surface area contributed by atoms with E-state index >= 15 is 0 Å². The minimum Gasteiger partial charge on any atom is -0.489 e. The van der Waals surface area contributed by atoms with Gasteiger partial charge >= 0.3 is 18.1 Å². The predicted molar refractivity (Wildman–Crippen MR) is 197 cm³/mol. The van der Waals surface area contributed by atoms with Gasteiger partial charge in [0.1, 0.15) is 17.9 Å². The Hall–Kier alpha value is -4.49. The van der Waals surface area contributed by atoms with Crippen LogP contribution >= 0.6 is 0 Å². The highest BCUT2D eigenvalue weighted by Gasteiger charge is 2.55. The smallest absolute Gasteiger partial charge is 0.418 e. The number of benzene rings is 1. The van der Waals surface area contributed by atoms with Crippen molar-refractivity contribution >= 4 is 47.3 Å². The number of carbonyl (C=O) groups is 7. The summed E-state index contributed by atoms with van der Waals surface area (Å²) in [7, 11) is 1.55. The number of ketones is 1. The number of likely N-dealkylation sites (N-methyl/N-ethyl adjacent to an activating group) is 1. The first-order chi connectivity index (χ1) is 24.7. The van der Waals surface area contributed by atoms with E-state index in [4.69, 9.17) is 14.2 Å². The topological polar surface area (TPSA) is 169 Å². The maximum Gasteiger partial charge on any atom is 0.418 e. The standard InChI is InChI=1S/C39H58N4O10/c1-11-12-13-14-15-16-17-18-19-27(23-42-33(46)25(4)41(10)36(42)49)52-34(47)26-20-21-28(29(22-26)51-24(2)3)40-32(45)30(31(44)38(5,6)7)43-35(48)39(8,9)53-37(43)50/h20-22,24-25,27,30H,11-19,23H2,1-10H3,(H,40,45). The first-order valence-corrected chi connectivity index (χ1v) is 18.7. The number of rotatable bonds is 19. The van der Waals surface area contributed by atoms with Crippen molar-refractivity contribution in [1.29, 1.82) is 0 Å². The number of hydrogen-bond acceptors (Lipinski definition) is 10. The molecule has 3 rings (SSSR count). The Labute approximate surface area is 313 Å². The molecule has 2 heterocycles. The zero-order chi connectivity index (χ0) is 39.8. The number of nitrogens with zero attached hydrogens (tertiary/aromatic N) is 3. The van der Waals surface area contributed by atoms with Crippen molar-refractivity contribution in [2.45, 2.75) is 150 Å². The summed E-state index contributed by atoms with van der Waals surface area (Å²) in [5, 5.41) is 2.62. The Kier molecular flexibility index (Phi) is 14.6. The summed E-state index contributed by atoms with van der Waals surface area (Å²) < 4.78 is 17.1. The fourth-order valence-corrected chi connectivity index (χ4v) is 6.10. The first-order valence-electron chi connectivity index (χ1n) is 18.7. The third kappa shape index (κ3) is 10.8. The molecular formula is C39H58N4O10. The molecule has 3 atom stereocenters. The number of nitrogens with one attached hydrogen (secondary N) is 1. The van der Waals surface area contributed by atoms with E-state index in [1.165, 1.54) is 62.6 Å². The van der Waals surface area contributed by atoms with Crippen molar-refractivity contribution in [3.63, 3.8) is 0 Å². The maximum absolute atomic E-state index is 13.8. The second kappa shape index (κ2) is 18.0. The van der Waals surface area contributed by atoms with E-state index < -0.39 is 71.0 Å². The van der Waals surface area contributed by atoms with Crippen molar-refractivity contribution in [3.05, 3.63) is 23.8 Å². The lowest BCUT2D eigenvalue weighted by Gasteiger charge is -2.29. The molecule has 0 bridgehead atoms. The summed E-state index contributed by atoms with van der Waals surface area (Å²) in [4.78, 5) is 95.7. The Morgan fingerprint density at radius 2 is 1.57 bits per heavy atom.